The van der Waals surface area contributed by atoms with Gasteiger partial charge in [-0.1, -0.05) is 17.7 Å². The number of anilines is 1. The van der Waals surface area contributed by atoms with Gasteiger partial charge in [0.05, 0.1) is 18.0 Å². The fourth-order valence-corrected chi connectivity index (χ4v) is 3.19. The van der Waals surface area contributed by atoms with E-state index >= 15 is 0 Å². The standard InChI is InChI=1S/C19H17ClFN5S/c20-17-8-15-18(23-11-24-19(15)27-17)25-14-3-5-26(6-4-14)10-12-1-2-16(21)13(7-12)9-22/h1-2,7-8,11,14H,3-6,10H2,(H,23,24,25)/i3D2,4D2,5D2,6D2,8D,10D,14D/hD. The summed E-state index contributed by atoms with van der Waals surface area (Å²) in [6.07, 6.45) is -6.68. The van der Waals surface area contributed by atoms with Gasteiger partial charge < -0.3 is 5.31 Å². The van der Waals surface area contributed by atoms with Crippen LogP contribution in [-0.4, -0.2) is 33.9 Å². The molecule has 8 heteroatoms. The van der Waals surface area contributed by atoms with E-state index in [-0.39, 0.29) is 30.3 Å². The fourth-order valence-electron chi connectivity index (χ4n) is 2.21. The van der Waals surface area contributed by atoms with Crippen LogP contribution in [0.5, 0.6) is 0 Å². The van der Waals surface area contributed by atoms with Crippen LogP contribution in [0.3, 0.4) is 0 Å². The lowest BCUT2D eigenvalue weighted by molar-refractivity contribution is 0.211. The fraction of sp³-hybridized carbons (Fsp3) is 0.316. The molecule has 1 aliphatic rings. The van der Waals surface area contributed by atoms with E-state index in [1.807, 2.05) is 0 Å². The first-order valence-corrected chi connectivity index (χ1v) is 8.60. The topological polar surface area (TPSA) is 64.8 Å². The van der Waals surface area contributed by atoms with Crippen LogP contribution in [-0.2, 0) is 6.52 Å². The minimum atomic E-state index is -3.78. The van der Waals surface area contributed by atoms with Crippen molar-refractivity contribution in [3.05, 3.63) is 51.8 Å². The molecular weight excluding hydrogens is 385 g/mol. The first-order valence-electron chi connectivity index (χ1n) is 13.4. The van der Waals surface area contributed by atoms with Crippen molar-refractivity contribution in [3.8, 4) is 6.07 Å². The van der Waals surface area contributed by atoms with E-state index in [2.05, 4.69) is 9.97 Å². The van der Waals surface area contributed by atoms with Crippen LogP contribution in [0.4, 0.5) is 10.2 Å². The van der Waals surface area contributed by atoms with Crippen LogP contribution in [0.15, 0.2) is 30.6 Å². The zero-order valence-electron chi connectivity index (χ0n) is 25.3. The molecule has 1 aromatic carbocycles. The quantitative estimate of drug-likeness (QED) is 0.685. The molecule has 3 heterocycles. The van der Waals surface area contributed by atoms with Gasteiger partial charge in [-0.15, -0.1) is 11.3 Å². The van der Waals surface area contributed by atoms with Crippen LogP contribution in [0.1, 0.15) is 39.0 Å². The van der Waals surface area contributed by atoms with Crippen LogP contribution in [0.2, 0.25) is 5.75 Å². The Morgan fingerprint density at radius 2 is 2.37 bits per heavy atom. The Kier molecular flexibility index (Phi) is 2.54. The number of halogens is 2. The summed E-state index contributed by atoms with van der Waals surface area (Å²) in [6, 6.07) is -0.0644. The average Bonchev–Trinajstić information content (AvgIpc) is 3.15. The highest BCUT2D eigenvalue weighted by molar-refractivity contribution is 7.22. The minimum Gasteiger partial charge on any atom is -0.367 e. The highest BCUT2D eigenvalue weighted by Gasteiger charge is 2.21. The smallest absolute Gasteiger partial charge is 0.162 e. The van der Waals surface area contributed by atoms with Gasteiger partial charge in [-0.3, -0.25) is 4.90 Å². The average molecular weight is 414 g/mol. The number of fused-ring (bicyclic) bond motifs is 1. The maximum absolute atomic E-state index is 13.9. The number of benzene rings is 1. The third kappa shape index (κ3) is 4.03. The zero-order chi connectivity index (χ0) is 29.5. The Morgan fingerprint density at radius 1 is 1.56 bits per heavy atom. The van der Waals surface area contributed by atoms with Crippen molar-refractivity contribution in [3.63, 3.8) is 0 Å². The van der Waals surface area contributed by atoms with Crippen LogP contribution < -0.4 is 5.31 Å². The lowest BCUT2D eigenvalue weighted by Crippen LogP contribution is -2.38. The molecule has 0 bridgehead atoms. The Labute approximate surface area is 182 Å². The first kappa shape index (κ1) is 8.82. The van der Waals surface area contributed by atoms with Crippen molar-refractivity contribution in [1.82, 2.24) is 14.9 Å². The van der Waals surface area contributed by atoms with E-state index in [1.54, 1.807) is 0 Å². The van der Waals surface area contributed by atoms with E-state index in [1.165, 1.54) is 6.07 Å². The third-order valence-electron chi connectivity index (χ3n) is 3.40. The van der Waals surface area contributed by atoms with Crippen molar-refractivity contribution in [2.24, 2.45) is 0 Å². The molecule has 1 atom stereocenters. The molecule has 1 saturated heterocycles. The number of nitrogens with one attached hydrogen (secondary N) is 1. The van der Waals surface area contributed by atoms with E-state index in [0.29, 0.717) is 0 Å². The minimum absolute atomic E-state index is 0.0382. The van der Waals surface area contributed by atoms with Crippen molar-refractivity contribution in [2.45, 2.75) is 25.3 Å². The largest absolute Gasteiger partial charge is 0.367 e. The molecule has 27 heavy (non-hydrogen) atoms. The predicted octanol–water partition coefficient (Wildman–Crippen LogP) is 4.43. The number of nitriles is 1. The van der Waals surface area contributed by atoms with Gasteiger partial charge in [-0.05, 0) is 36.5 Å². The molecular formula is C19H17ClFN5S. The van der Waals surface area contributed by atoms with E-state index < -0.39 is 61.5 Å². The van der Waals surface area contributed by atoms with Gasteiger partial charge in [0.15, 0.2) is 1.41 Å². The SMILES string of the molecule is [2H]c1c(Cl)sc2ncnc(N([2H])C3([2H])C([2H])([2H])C([2H])([2H])N(C([2H])c4ccc(F)c(C#N)c4)C([2H])([2H])C3([2H])[2H])c12. The van der Waals surface area contributed by atoms with Crippen molar-refractivity contribution in [1.29, 1.82) is 5.26 Å². The van der Waals surface area contributed by atoms with Crippen molar-refractivity contribution in [2.75, 3.05) is 18.3 Å². The molecule has 2 aromatic heterocycles. The maximum Gasteiger partial charge on any atom is 0.162 e. The summed E-state index contributed by atoms with van der Waals surface area (Å²) in [5.41, 5.74) is -0.911. The second-order valence-corrected chi connectivity index (χ2v) is 6.76. The summed E-state index contributed by atoms with van der Waals surface area (Å²) in [5, 5.41) is 8.74. The molecule has 4 rings (SSSR count). The molecule has 0 saturated carbocycles. The maximum atomic E-state index is 13.9. The molecule has 1 fully saturated rings. The Balaban J connectivity index is 1.95. The molecule has 1 aliphatic heterocycles. The van der Waals surface area contributed by atoms with Crippen molar-refractivity contribution < 1.29 is 20.9 Å². The summed E-state index contributed by atoms with van der Waals surface area (Å²) in [4.78, 5) is 7.66. The van der Waals surface area contributed by atoms with E-state index in [0.717, 1.165) is 35.9 Å². The summed E-state index contributed by atoms with van der Waals surface area (Å²) in [6.45, 7) is -9.56. The molecule has 3 aromatic rings. The number of likely N-dealkylation sites (tertiary alicyclic amines) is 1. The third-order valence-corrected chi connectivity index (χ3v) is 4.51. The number of piperidine rings is 1. The van der Waals surface area contributed by atoms with E-state index in [9.17, 15) is 4.39 Å². The molecule has 5 nitrogen and oxygen atoms in total. The summed E-state index contributed by atoms with van der Waals surface area (Å²) in [7, 11) is 0. The number of hydrogen-bond acceptors (Lipinski definition) is 6. The number of nitrogens with zero attached hydrogens (tertiary/aromatic N) is 4. The van der Waals surface area contributed by atoms with Crippen LogP contribution in [0.25, 0.3) is 10.2 Å². The number of aromatic nitrogens is 2. The number of thiophene rings is 1. The normalized spacial score (nSPS) is 32.0. The van der Waals surface area contributed by atoms with Gasteiger partial charge in [-0.25, -0.2) is 14.4 Å². The first-order chi connectivity index (χ1) is 17.8. The van der Waals surface area contributed by atoms with Gasteiger partial charge in [0.2, 0.25) is 0 Å². The lowest BCUT2D eigenvalue weighted by Gasteiger charge is -2.32. The van der Waals surface area contributed by atoms with Gasteiger partial charge >= 0.3 is 0 Å². The molecule has 0 aliphatic carbocycles. The summed E-state index contributed by atoms with van der Waals surface area (Å²) < 4.78 is 117. The monoisotopic (exact) mass is 413 g/mol. The Hall–Kier alpha value is -2.27. The molecule has 1 unspecified atom stereocenters. The molecule has 0 amide bonds. The highest BCUT2D eigenvalue weighted by Crippen LogP contribution is 2.32. The number of hydrogen-bond donors (Lipinski definition) is 1. The summed E-state index contributed by atoms with van der Waals surface area (Å²) in [5.74, 6) is -1.66. The van der Waals surface area contributed by atoms with Gasteiger partial charge in [0, 0.05) is 37.9 Å². The molecule has 1 N–H and O–H groups in total. The lowest BCUT2D eigenvalue weighted by atomic mass is 10.0. The number of rotatable bonds is 4. The molecule has 0 radical (unpaired) electrons. The van der Waals surface area contributed by atoms with Gasteiger partial charge in [-0.2, -0.15) is 5.26 Å². The Morgan fingerprint density at radius 3 is 3.15 bits per heavy atom. The molecule has 138 valence electrons. The molecule has 0 spiro atoms. The predicted molar refractivity (Wildman–Crippen MR) is 105 cm³/mol. The zero-order valence-corrected chi connectivity index (χ0v) is 14.9. The van der Waals surface area contributed by atoms with Crippen LogP contribution in [0, 0.1) is 17.1 Å². The van der Waals surface area contributed by atoms with Gasteiger partial charge in [0.1, 0.15) is 28.9 Å². The second-order valence-electron chi connectivity index (χ2n) is 5.16. The second kappa shape index (κ2) is 7.77. The van der Waals surface area contributed by atoms with Gasteiger partial charge in [0.25, 0.3) is 0 Å². The highest BCUT2D eigenvalue weighted by atomic mass is 35.5. The van der Waals surface area contributed by atoms with Crippen molar-refractivity contribution >= 4 is 39.0 Å². The van der Waals surface area contributed by atoms with Crippen LogP contribution >= 0.6 is 22.9 Å². The van der Waals surface area contributed by atoms with E-state index in [4.69, 9.17) is 33.4 Å². The summed E-state index contributed by atoms with van der Waals surface area (Å²) >= 11 is 6.79. The Bertz CT molecular complexity index is 1480.